The van der Waals surface area contributed by atoms with E-state index in [2.05, 4.69) is 16.4 Å². The van der Waals surface area contributed by atoms with Gasteiger partial charge in [-0.15, -0.1) is 0 Å². The van der Waals surface area contributed by atoms with E-state index in [4.69, 9.17) is 9.72 Å². The average Bonchev–Trinajstić information content (AvgIpc) is 3.09. The standard InChI is InChI=1S/C22H35N3O2/c1-17-15-23-21(19-9-13-27-14-10-19)25(17)16-18-7-11-24(12-8-18)22(26)20-5-3-2-4-6-20/h15,18-20H,2-14,16H2,1H3. The zero-order chi connectivity index (χ0) is 18.6. The van der Waals surface area contributed by atoms with E-state index >= 15 is 0 Å². The van der Waals surface area contributed by atoms with Crippen molar-refractivity contribution in [3.8, 4) is 0 Å². The number of ether oxygens (including phenoxy) is 1. The number of amides is 1. The lowest BCUT2D eigenvalue weighted by Crippen LogP contribution is -2.43. The van der Waals surface area contributed by atoms with Gasteiger partial charge in [0.15, 0.2) is 0 Å². The molecule has 0 radical (unpaired) electrons. The monoisotopic (exact) mass is 373 g/mol. The largest absolute Gasteiger partial charge is 0.381 e. The topological polar surface area (TPSA) is 47.4 Å². The molecule has 3 heterocycles. The van der Waals surface area contributed by atoms with Crippen LogP contribution in [0.25, 0.3) is 0 Å². The molecule has 3 aliphatic rings. The Labute approximate surface area is 163 Å². The SMILES string of the molecule is Cc1cnc(C2CCOCC2)n1CC1CCN(C(=O)C2CCCCC2)CC1. The van der Waals surface area contributed by atoms with Crippen LogP contribution in [0.15, 0.2) is 6.20 Å². The van der Waals surface area contributed by atoms with E-state index in [1.807, 2.05) is 6.20 Å². The summed E-state index contributed by atoms with van der Waals surface area (Å²) in [5.41, 5.74) is 1.28. The van der Waals surface area contributed by atoms with Crippen LogP contribution in [-0.2, 0) is 16.1 Å². The molecule has 1 aromatic heterocycles. The van der Waals surface area contributed by atoms with Crippen LogP contribution in [0.3, 0.4) is 0 Å². The molecule has 1 amide bonds. The minimum atomic E-state index is 0.311. The highest BCUT2D eigenvalue weighted by atomic mass is 16.5. The molecule has 1 aliphatic carbocycles. The Bertz CT molecular complexity index is 622. The quantitative estimate of drug-likeness (QED) is 0.804. The lowest BCUT2D eigenvalue weighted by Gasteiger charge is -2.36. The summed E-state index contributed by atoms with van der Waals surface area (Å²) in [6, 6.07) is 0. The number of likely N-dealkylation sites (tertiary alicyclic amines) is 1. The van der Waals surface area contributed by atoms with E-state index in [0.29, 0.717) is 23.7 Å². The lowest BCUT2D eigenvalue weighted by atomic mass is 9.87. The van der Waals surface area contributed by atoms with Gasteiger partial charge in [0.2, 0.25) is 5.91 Å². The highest BCUT2D eigenvalue weighted by Crippen LogP contribution is 2.30. The summed E-state index contributed by atoms with van der Waals surface area (Å²) in [5.74, 6) is 3.21. The molecule has 27 heavy (non-hydrogen) atoms. The summed E-state index contributed by atoms with van der Waals surface area (Å²) in [4.78, 5) is 19.7. The fraction of sp³-hybridized carbons (Fsp3) is 0.818. The van der Waals surface area contributed by atoms with Crippen molar-refractivity contribution in [2.24, 2.45) is 11.8 Å². The molecule has 1 aromatic rings. The maximum atomic E-state index is 12.8. The van der Waals surface area contributed by atoms with Crippen molar-refractivity contribution in [2.45, 2.75) is 77.2 Å². The van der Waals surface area contributed by atoms with Crippen LogP contribution in [0, 0.1) is 18.8 Å². The molecule has 0 spiro atoms. The number of nitrogens with zero attached hydrogens (tertiary/aromatic N) is 3. The van der Waals surface area contributed by atoms with Gasteiger partial charge in [-0.3, -0.25) is 4.79 Å². The fourth-order valence-electron chi connectivity index (χ4n) is 5.20. The Hall–Kier alpha value is -1.36. The highest BCUT2D eigenvalue weighted by molar-refractivity contribution is 5.79. The number of carbonyl (C=O) groups excluding carboxylic acids is 1. The van der Waals surface area contributed by atoms with E-state index in [0.717, 1.165) is 71.4 Å². The maximum absolute atomic E-state index is 12.8. The smallest absolute Gasteiger partial charge is 0.225 e. The molecule has 5 heteroatoms. The average molecular weight is 374 g/mol. The molecule has 2 aliphatic heterocycles. The van der Waals surface area contributed by atoms with Crippen LogP contribution in [0.2, 0.25) is 0 Å². The Balaban J connectivity index is 1.33. The second-order valence-electron chi connectivity index (χ2n) is 8.86. The number of imidazole rings is 1. The van der Waals surface area contributed by atoms with Crippen molar-refractivity contribution >= 4 is 5.91 Å². The predicted molar refractivity (Wildman–Crippen MR) is 106 cm³/mol. The Morgan fingerprint density at radius 2 is 1.78 bits per heavy atom. The lowest BCUT2D eigenvalue weighted by molar-refractivity contribution is -0.138. The normalized spacial score (nSPS) is 23.7. The first-order valence-electron chi connectivity index (χ1n) is 11.1. The molecular formula is C22H35N3O2. The molecule has 0 N–H and O–H groups in total. The van der Waals surface area contributed by atoms with Gasteiger partial charge in [-0.2, -0.15) is 0 Å². The van der Waals surface area contributed by atoms with E-state index in [1.54, 1.807) is 0 Å². The first-order valence-corrected chi connectivity index (χ1v) is 11.1. The molecule has 150 valence electrons. The Kier molecular flexibility index (Phi) is 6.16. The summed E-state index contributed by atoms with van der Waals surface area (Å²) in [6.45, 7) is 6.85. The molecule has 0 aromatic carbocycles. The van der Waals surface area contributed by atoms with Crippen molar-refractivity contribution in [3.63, 3.8) is 0 Å². The van der Waals surface area contributed by atoms with Gasteiger partial charge in [0.25, 0.3) is 0 Å². The fourth-order valence-corrected chi connectivity index (χ4v) is 5.20. The van der Waals surface area contributed by atoms with E-state index < -0.39 is 0 Å². The maximum Gasteiger partial charge on any atom is 0.225 e. The highest BCUT2D eigenvalue weighted by Gasteiger charge is 2.30. The zero-order valence-corrected chi connectivity index (χ0v) is 16.9. The second kappa shape index (κ2) is 8.76. The van der Waals surface area contributed by atoms with Crippen LogP contribution in [0.4, 0.5) is 0 Å². The van der Waals surface area contributed by atoms with Gasteiger partial charge in [-0.05, 0) is 51.4 Å². The number of aryl methyl sites for hydroxylation is 1. The first kappa shape index (κ1) is 19.0. The summed E-state index contributed by atoms with van der Waals surface area (Å²) in [7, 11) is 0. The second-order valence-corrected chi connectivity index (χ2v) is 8.86. The molecule has 5 nitrogen and oxygen atoms in total. The molecule has 2 saturated heterocycles. The number of rotatable bonds is 4. The van der Waals surface area contributed by atoms with Gasteiger partial charge in [-0.1, -0.05) is 19.3 Å². The van der Waals surface area contributed by atoms with Crippen molar-refractivity contribution in [3.05, 3.63) is 17.7 Å². The minimum Gasteiger partial charge on any atom is -0.381 e. The molecule has 4 rings (SSSR count). The van der Waals surface area contributed by atoms with Crippen LogP contribution in [0.1, 0.15) is 75.2 Å². The summed E-state index contributed by atoms with van der Waals surface area (Å²) in [5, 5.41) is 0. The van der Waals surface area contributed by atoms with Crippen molar-refractivity contribution in [1.82, 2.24) is 14.5 Å². The van der Waals surface area contributed by atoms with E-state index in [9.17, 15) is 4.79 Å². The molecule has 3 fully saturated rings. The molecule has 0 atom stereocenters. The summed E-state index contributed by atoms with van der Waals surface area (Å²) < 4.78 is 7.99. The van der Waals surface area contributed by atoms with Gasteiger partial charge in [0, 0.05) is 56.6 Å². The number of hydrogen-bond acceptors (Lipinski definition) is 3. The number of piperidine rings is 1. The summed E-state index contributed by atoms with van der Waals surface area (Å²) in [6.07, 6.45) is 12.5. The van der Waals surface area contributed by atoms with E-state index in [-0.39, 0.29) is 0 Å². The predicted octanol–water partition coefficient (Wildman–Crippen LogP) is 3.90. The zero-order valence-electron chi connectivity index (χ0n) is 16.9. The number of aromatic nitrogens is 2. The van der Waals surface area contributed by atoms with Gasteiger partial charge in [0.1, 0.15) is 5.82 Å². The van der Waals surface area contributed by atoms with Crippen LogP contribution < -0.4 is 0 Å². The molecule has 1 saturated carbocycles. The summed E-state index contributed by atoms with van der Waals surface area (Å²) >= 11 is 0. The molecular weight excluding hydrogens is 338 g/mol. The Morgan fingerprint density at radius 1 is 1.07 bits per heavy atom. The number of hydrogen-bond donors (Lipinski definition) is 0. The first-order chi connectivity index (χ1) is 13.2. The third-order valence-corrected chi connectivity index (χ3v) is 6.99. The van der Waals surface area contributed by atoms with Crippen LogP contribution in [0.5, 0.6) is 0 Å². The van der Waals surface area contributed by atoms with Crippen LogP contribution >= 0.6 is 0 Å². The Morgan fingerprint density at radius 3 is 2.48 bits per heavy atom. The van der Waals surface area contributed by atoms with Gasteiger partial charge < -0.3 is 14.2 Å². The van der Waals surface area contributed by atoms with Gasteiger partial charge >= 0.3 is 0 Å². The minimum absolute atomic E-state index is 0.311. The van der Waals surface area contributed by atoms with Crippen molar-refractivity contribution < 1.29 is 9.53 Å². The molecule has 0 unspecified atom stereocenters. The molecule has 0 bridgehead atoms. The number of carbonyl (C=O) groups is 1. The van der Waals surface area contributed by atoms with Crippen molar-refractivity contribution in [1.29, 1.82) is 0 Å². The van der Waals surface area contributed by atoms with Crippen LogP contribution in [-0.4, -0.2) is 46.7 Å². The third kappa shape index (κ3) is 4.39. The van der Waals surface area contributed by atoms with Gasteiger partial charge in [0.05, 0.1) is 0 Å². The van der Waals surface area contributed by atoms with E-state index in [1.165, 1.54) is 30.8 Å². The van der Waals surface area contributed by atoms with Gasteiger partial charge in [-0.25, -0.2) is 4.98 Å². The van der Waals surface area contributed by atoms with Crippen molar-refractivity contribution in [2.75, 3.05) is 26.3 Å². The third-order valence-electron chi connectivity index (χ3n) is 6.99.